The van der Waals surface area contributed by atoms with Crippen molar-refractivity contribution < 1.29 is 17.6 Å². The van der Waals surface area contributed by atoms with E-state index in [9.17, 15) is 13.2 Å². The first-order valence-corrected chi connectivity index (χ1v) is 12.2. The lowest BCUT2D eigenvalue weighted by Gasteiger charge is -2.25. The van der Waals surface area contributed by atoms with E-state index < -0.39 is 15.9 Å². The van der Waals surface area contributed by atoms with Crippen LogP contribution in [0, 0.1) is 0 Å². The molecule has 1 N–H and O–H groups in total. The van der Waals surface area contributed by atoms with Gasteiger partial charge >= 0.3 is 0 Å². The molecule has 2 aliphatic rings. The van der Waals surface area contributed by atoms with Crippen molar-refractivity contribution >= 4 is 27.3 Å². The maximum Gasteiger partial charge on any atom is 0.291 e. The Kier molecular flexibility index (Phi) is 6.43. The topological polar surface area (TPSA) is 82.9 Å². The zero-order valence-electron chi connectivity index (χ0n) is 17.2. The number of hydrogen-bond donors (Lipinski definition) is 1. The number of anilines is 2. The minimum absolute atomic E-state index is 0.00347. The van der Waals surface area contributed by atoms with Gasteiger partial charge in [-0.05, 0) is 49.9 Å². The van der Waals surface area contributed by atoms with Gasteiger partial charge in [0.1, 0.15) is 0 Å². The number of nitrogens with one attached hydrogen (secondary N) is 1. The Morgan fingerprint density at radius 3 is 2.20 bits per heavy atom. The molecule has 0 bridgehead atoms. The quantitative estimate of drug-likeness (QED) is 0.771. The molecule has 2 fully saturated rings. The number of para-hydroxylation sites is 2. The number of nitrogens with zero attached hydrogens (tertiary/aromatic N) is 2. The lowest BCUT2D eigenvalue weighted by molar-refractivity contribution is 0.0991. The minimum atomic E-state index is -3.70. The zero-order valence-corrected chi connectivity index (χ0v) is 18.0. The molecule has 2 saturated heterocycles. The van der Waals surface area contributed by atoms with Gasteiger partial charge in [0, 0.05) is 26.2 Å². The summed E-state index contributed by atoms with van der Waals surface area (Å²) in [7, 11) is -3.70. The number of carbonyl (C=O) groups excluding carboxylic acids is 1. The number of rotatable bonds is 5. The number of furan rings is 1. The van der Waals surface area contributed by atoms with Crippen LogP contribution in [-0.2, 0) is 10.0 Å². The Labute approximate surface area is 178 Å². The third-order valence-corrected chi connectivity index (χ3v) is 7.59. The van der Waals surface area contributed by atoms with Gasteiger partial charge in [0.15, 0.2) is 5.76 Å². The van der Waals surface area contributed by atoms with E-state index in [1.54, 1.807) is 0 Å². The van der Waals surface area contributed by atoms with Crippen molar-refractivity contribution in [2.45, 2.75) is 50.0 Å². The summed E-state index contributed by atoms with van der Waals surface area (Å²) in [6.07, 6.45) is 7.46. The van der Waals surface area contributed by atoms with E-state index in [0.29, 0.717) is 18.8 Å². The fourth-order valence-electron chi connectivity index (χ4n) is 4.16. The SMILES string of the molecule is O=C(Nc1ccccc1N1CCCCCC1)c1ccc(S(=O)(=O)N2CCCCC2)o1. The lowest BCUT2D eigenvalue weighted by atomic mass is 10.2. The molecule has 1 aromatic carbocycles. The first-order chi connectivity index (χ1) is 14.6. The third kappa shape index (κ3) is 4.54. The summed E-state index contributed by atoms with van der Waals surface area (Å²) in [5.74, 6) is -0.450. The van der Waals surface area contributed by atoms with Crippen LogP contribution in [-0.4, -0.2) is 44.8 Å². The molecule has 2 aromatic rings. The highest BCUT2D eigenvalue weighted by Gasteiger charge is 2.29. The van der Waals surface area contributed by atoms with Crippen molar-refractivity contribution in [3.63, 3.8) is 0 Å². The van der Waals surface area contributed by atoms with Crippen molar-refractivity contribution in [3.8, 4) is 0 Å². The van der Waals surface area contributed by atoms with Crippen molar-refractivity contribution in [2.24, 2.45) is 0 Å². The van der Waals surface area contributed by atoms with Crippen LogP contribution in [0.2, 0.25) is 0 Å². The molecule has 4 rings (SSSR count). The normalized spacial score (nSPS) is 18.7. The van der Waals surface area contributed by atoms with Crippen molar-refractivity contribution in [3.05, 3.63) is 42.2 Å². The molecule has 0 aliphatic carbocycles. The molecule has 1 aromatic heterocycles. The molecule has 30 heavy (non-hydrogen) atoms. The highest BCUT2D eigenvalue weighted by atomic mass is 32.2. The summed E-state index contributed by atoms with van der Waals surface area (Å²) in [6, 6.07) is 10.5. The molecule has 3 heterocycles. The highest BCUT2D eigenvalue weighted by molar-refractivity contribution is 7.89. The van der Waals surface area contributed by atoms with Crippen LogP contribution >= 0.6 is 0 Å². The van der Waals surface area contributed by atoms with Crippen LogP contribution in [0.4, 0.5) is 11.4 Å². The number of piperidine rings is 1. The second-order valence-corrected chi connectivity index (χ2v) is 9.82. The molecule has 162 valence electrons. The van der Waals surface area contributed by atoms with Gasteiger partial charge in [-0.3, -0.25) is 4.79 Å². The van der Waals surface area contributed by atoms with Gasteiger partial charge in [-0.2, -0.15) is 4.31 Å². The second kappa shape index (κ2) is 9.22. The predicted molar refractivity (Wildman–Crippen MR) is 116 cm³/mol. The third-order valence-electron chi connectivity index (χ3n) is 5.81. The van der Waals surface area contributed by atoms with Crippen LogP contribution in [0.15, 0.2) is 45.9 Å². The van der Waals surface area contributed by atoms with Gasteiger partial charge < -0.3 is 14.6 Å². The number of carbonyl (C=O) groups is 1. The van der Waals surface area contributed by atoms with E-state index in [1.165, 1.54) is 29.3 Å². The van der Waals surface area contributed by atoms with Crippen LogP contribution in [0.5, 0.6) is 0 Å². The summed E-state index contributed by atoms with van der Waals surface area (Å²) in [5, 5.41) is 2.74. The Morgan fingerprint density at radius 2 is 1.47 bits per heavy atom. The van der Waals surface area contributed by atoms with Gasteiger partial charge in [-0.15, -0.1) is 0 Å². The standard InChI is InChI=1S/C22H29N3O4S/c26-22(20-12-13-21(29-20)30(27,28)25-16-8-3-9-17-25)23-18-10-4-5-11-19(18)24-14-6-1-2-7-15-24/h4-5,10-13H,1-3,6-9,14-17H2,(H,23,26). The van der Waals surface area contributed by atoms with E-state index in [-0.39, 0.29) is 10.9 Å². The number of amides is 1. The highest BCUT2D eigenvalue weighted by Crippen LogP contribution is 2.29. The molecule has 0 atom stereocenters. The van der Waals surface area contributed by atoms with E-state index in [0.717, 1.165) is 50.9 Å². The summed E-state index contributed by atoms with van der Waals surface area (Å²) in [6.45, 7) is 2.92. The maximum atomic E-state index is 12.8. The minimum Gasteiger partial charge on any atom is -0.438 e. The van der Waals surface area contributed by atoms with E-state index in [2.05, 4.69) is 10.2 Å². The molecular formula is C22H29N3O4S. The second-order valence-electron chi connectivity index (χ2n) is 7.96. The van der Waals surface area contributed by atoms with Crippen molar-refractivity contribution in [1.82, 2.24) is 4.31 Å². The van der Waals surface area contributed by atoms with Gasteiger partial charge in [0.25, 0.3) is 15.9 Å². The van der Waals surface area contributed by atoms with E-state index in [4.69, 9.17) is 4.42 Å². The average molecular weight is 432 g/mol. The van der Waals surface area contributed by atoms with Crippen LogP contribution in [0.3, 0.4) is 0 Å². The monoisotopic (exact) mass is 431 g/mol. The number of hydrogen-bond acceptors (Lipinski definition) is 5. The summed E-state index contributed by atoms with van der Waals surface area (Å²) in [4.78, 5) is 15.1. The van der Waals surface area contributed by atoms with Gasteiger partial charge in [0.2, 0.25) is 5.09 Å². The zero-order chi connectivity index (χ0) is 21.0. The Bertz CT molecular complexity index is 972. The Morgan fingerprint density at radius 1 is 0.833 bits per heavy atom. The number of benzene rings is 1. The molecule has 0 saturated carbocycles. The maximum absolute atomic E-state index is 12.8. The first kappa shape index (κ1) is 20.9. The summed E-state index contributed by atoms with van der Waals surface area (Å²) >= 11 is 0. The fourth-order valence-corrected chi connectivity index (χ4v) is 5.59. The largest absolute Gasteiger partial charge is 0.438 e. The molecule has 0 radical (unpaired) electrons. The smallest absolute Gasteiger partial charge is 0.291 e. The lowest BCUT2D eigenvalue weighted by Crippen LogP contribution is -2.35. The first-order valence-electron chi connectivity index (χ1n) is 10.8. The van der Waals surface area contributed by atoms with Crippen molar-refractivity contribution in [1.29, 1.82) is 0 Å². The molecule has 7 nitrogen and oxygen atoms in total. The molecule has 2 aliphatic heterocycles. The van der Waals surface area contributed by atoms with Gasteiger partial charge in [0.05, 0.1) is 11.4 Å². The van der Waals surface area contributed by atoms with Crippen LogP contribution in [0.25, 0.3) is 0 Å². The van der Waals surface area contributed by atoms with Crippen molar-refractivity contribution in [2.75, 3.05) is 36.4 Å². The predicted octanol–water partition coefficient (Wildman–Crippen LogP) is 4.09. The molecular weight excluding hydrogens is 402 g/mol. The Hall–Kier alpha value is -2.32. The fraction of sp³-hybridized carbons (Fsp3) is 0.500. The Balaban J connectivity index is 1.50. The van der Waals surface area contributed by atoms with E-state index >= 15 is 0 Å². The molecule has 0 spiro atoms. The van der Waals surface area contributed by atoms with Gasteiger partial charge in [-0.25, -0.2) is 8.42 Å². The molecule has 0 unspecified atom stereocenters. The summed E-state index contributed by atoms with van der Waals surface area (Å²) < 4.78 is 32.5. The summed E-state index contributed by atoms with van der Waals surface area (Å²) in [5.41, 5.74) is 1.70. The number of sulfonamides is 1. The van der Waals surface area contributed by atoms with E-state index in [1.807, 2.05) is 24.3 Å². The van der Waals surface area contributed by atoms with Crippen LogP contribution < -0.4 is 10.2 Å². The molecule has 8 heteroatoms. The molecule has 1 amide bonds. The van der Waals surface area contributed by atoms with Gasteiger partial charge in [-0.1, -0.05) is 31.4 Å². The van der Waals surface area contributed by atoms with Crippen LogP contribution in [0.1, 0.15) is 55.5 Å². The average Bonchev–Trinajstić information content (AvgIpc) is 3.13.